The Balaban J connectivity index is 2.45. The van der Waals surface area contributed by atoms with Crippen molar-refractivity contribution >= 4 is 10.0 Å². The van der Waals surface area contributed by atoms with Crippen molar-refractivity contribution in [2.45, 2.75) is 43.8 Å². The summed E-state index contributed by atoms with van der Waals surface area (Å²) in [4.78, 5) is -0.0408. The minimum absolute atomic E-state index is 0.0408. The number of alkyl halides is 3. The molecule has 2 rings (SSSR count). The molecule has 1 saturated heterocycles. The molecule has 120 valence electrons. The van der Waals surface area contributed by atoms with Crippen molar-refractivity contribution in [3.05, 3.63) is 11.9 Å². The van der Waals surface area contributed by atoms with Gasteiger partial charge < -0.3 is 0 Å². The lowest BCUT2D eigenvalue weighted by atomic mass is 9.89. The maximum atomic E-state index is 13.1. The van der Waals surface area contributed by atoms with E-state index >= 15 is 0 Å². The third-order valence-corrected chi connectivity index (χ3v) is 6.24. The van der Waals surface area contributed by atoms with Crippen LogP contribution < -0.4 is 0 Å². The summed E-state index contributed by atoms with van der Waals surface area (Å²) >= 11 is 0. The minimum atomic E-state index is -4.42. The average molecular weight is 325 g/mol. The van der Waals surface area contributed by atoms with E-state index in [1.54, 1.807) is 7.05 Å². The van der Waals surface area contributed by atoms with Gasteiger partial charge in [-0.05, 0) is 27.2 Å². The second kappa shape index (κ2) is 4.70. The Bertz CT molecular complexity index is 649. The van der Waals surface area contributed by atoms with Gasteiger partial charge in [0.2, 0.25) is 10.0 Å². The molecule has 0 bridgehead atoms. The van der Waals surface area contributed by atoms with Crippen LogP contribution in [0.5, 0.6) is 0 Å². The number of aromatic nitrogens is 2. The van der Waals surface area contributed by atoms with Gasteiger partial charge in [-0.25, -0.2) is 8.42 Å². The normalized spacial score (nSPS) is 23.7. The maximum Gasteiger partial charge on any atom is 0.393 e. The molecule has 0 aromatic carbocycles. The summed E-state index contributed by atoms with van der Waals surface area (Å²) in [6, 6.07) is 0. The molecule has 1 aromatic rings. The lowest BCUT2D eigenvalue weighted by molar-refractivity contribution is -0.188. The van der Waals surface area contributed by atoms with Gasteiger partial charge in [-0.1, -0.05) is 0 Å². The summed E-state index contributed by atoms with van der Waals surface area (Å²) in [6.45, 7) is 4.02. The van der Waals surface area contributed by atoms with Crippen LogP contribution in [0.15, 0.2) is 11.1 Å². The van der Waals surface area contributed by atoms with Crippen LogP contribution in [0.25, 0.3) is 0 Å². The molecule has 0 spiro atoms. The second-order valence-electron chi connectivity index (χ2n) is 5.87. The van der Waals surface area contributed by atoms with Crippen LogP contribution in [0.4, 0.5) is 13.2 Å². The first-order valence-corrected chi connectivity index (χ1v) is 7.92. The van der Waals surface area contributed by atoms with Crippen molar-refractivity contribution in [2.75, 3.05) is 6.54 Å². The molecule has 0 radical (unpaired) electrons. The molecule has 9 heteroatoms. The first kappa shape index (κ1) is 16.3. The van der Waals surface area contributed by atoms with Crippen LogP contribution in [0.2, 0.25) is 0 Å². The van der Waals surface area contributed by atoms with E-state index in [0.29, 0.717) is 0 Å². The van der Waals surface area contributed by atoms with Crippen LogP contribution in [-0.2, 0) is 17.1 Å². The van der Waals surface area contributed by atoms with Gasteiger partial charge in [-0.15, -0.1) is 0 Å². The molecule has 0 amide bonds. The molecule has 21 heavy (non-hydrogen) atoms. The highest BCUT2D eigenvalue weighted by Crippen LogP contribution is 2.46. The molecular formula is C12H18F3N3O2S. The Morgan fingerprint density at radius 3 is 2.33 bits per heavy atom. The number of nitrogens with zero attached hydrogens (tertiary/aromatic N) is 3. The summed E-state index contributed by atoms with van der Waals surface area (Å²) < 4.78 is 66.8. The monoisotopic (exact) mass is 325 g/mol. The quantitative estimate of drug-likeness (QED) is 0.836. The van der Waals surface area contributed by atoms with Crippen LogP contribution in [0, 0.1) is 12.8 Å². The summed E-state index contributed by atoms with van der Waals surface area (Å²) in [5, 5.41) is 3.95. The second-order valence-corrected chi connectivity index (χ2v) is 7.70. The largest absolute Gasteiger partial charge is 0.393 e. The molecule has 5 nitrogen and oxygen atoms in total. The van der Waals surface area contributed by atoms with Crippen LogP contribution in [0.3, 0.4) is 0 Å². The third kappa shape index (κ3) is 2.57. The van der Waals surface area contributed by atoms with Crippen molar-refractivity contribution in [3.8, 4) is 0 Å². The first-order valence-electron chi connectivity index (χ1n) is 6.48. The van der Waals surface area contributed by atoms with Gasteiger partial charge in [-0.3, -0.25) is 4.68 Å². The van der Waals surface area contributed by atoms with Gasteiger partial charge in [0.25, 0.3) is 0 Å². The van der Waals surface area contributed by atoms with Crippen LogP contribution in [0.1, 0.15) is 26.0 Å². The van der Waals surface area contributed by atoms with Gasteiger partial charge in [0.05, 0.1) is 11.6 Å². The van der Waals surface area contributed by atoms with Gasteiger partial charge >= 0.3 is 6.18 Å². The number of rotatable bonds is 2. The van der Waals surface area contributed by atoms with E-state index < -0.39 is 27.7 Å². The zero-order valence-corrected chi connectivity index (χ0v) is 13.1. The summed E-state index contributed by atoms with van der Waals surface area (Å²) in [5.41, 5.74) is -1.23. The van der Waals surface area contributed by atoms with Gasteiger partial charge in [0, 0.05) is 25.3 Å². The molecule has 1 unspecified atom stereocenters. The molecule has 1 aliphatic heterocycles. The summed E-state index contributed by atoms with van der Waals surface area (Å²) in [7, 11) is -2.43. The number of sulfonamides is 1. The fourth-order valence-electron chi connectivity index (χ4n) is 3.01. The summed E-state index contributed by atoms with van der Waals surface area (Å²) in [5.74, 6) is -1.67. The lowest BCUT2D eigenvalue weighted by Crippen LogP contribution is -2.49. The first-order chi connectivity index (χ1) is 9.38. The Morgan fingerprint density at radius 2 is 1.95 bits per heavy atom. The number of hydrogen-bond donors (Lipinski definition) is 0. The number of aryl methyl sites for hydroxylation is 2. The van der Waals surface area contributed by atoms with Crippen LogP contribution >= 0.6 is 0 Å². The molecule has 1 fully saturated rings. The van der Waals surface area contributed by atoms with E-state index in [-0.39, 0.29) is 23.6 Å². The predicted molar refractivity (Wildman–Crippen MR) is 70.1 cm³/mol. The highest BCUT2D eigenvalue weighted by atomic mass is 32.2. The molecule has 2 heterocycles. The zero-order valence-electron chi connectivity index (χ0n) is 12.3. The minimum Gasteiger partial charge on any atom is -0.274 e. The fraction of sp³-hybridized carbons (Fsp3) is 0.750. The highest BCUT2D eigenvalue weighted by molar-refractivity contribution is 7.89. The van der Waals surface area contributed by atoms with Gasteiger partial charge in [-0.2, -0.15) is 22.6 Å². The molecule has 0 saturated carbocycles. The third-order valence-electron chi connectivity index (χ3n) is 4.05. The fourth-order valence-corrected chi connectivity index (χ4v) is 5.04. The van der Waals surface area contributed by atoms with E-state index in [0.717, 1.165) is 4.31 Å². The topological polar surface area (TPSA) is 55.2 Å². The lowest BCUT2D eigenvalue weighted by Gasteiger charge is -2.35. The molecule has 1 aromatic heterocycles. The zero-order chi connectivity index (χ0) is 16.2. The highest BCUT2D eigenvalue weighted by Gasteiger charge is 2.58. The maximum absolute atomic E-state index is 13.1. The van der Waals surface area contributed by atoms with E-state index in [1.807, 2.05) is 0 Å². The molecule has 0 aliphatic carbocycles. The summed E-state index contributed by atoms with van der Waals surface area (Å²) in [6.07, 6.45) is -3.32. The van der Waals surface area contributed by atoms with E-state index in [1.165, 1.54) is 31.6 Å². The van der Waals surface area contributed by atoms with Crippen molar-refractivity contribution in [1.29, 1.82) is 0 Å². The standard InChI is InChI=1S/C12H18F3N3O2S/c1-8-9(7-17(4)16-8)21(19,20)18-6-5-10(11(18,2)3)12(13,14)15/h7,10H,5-6H2,1-4H3. The van der Waals surface area contributed by atoms with Gasteiger partial charge in [0.15, 0.2) is 0 Å². The number of hydrogen-bond acceptors (Lipinski definition) is 3. The Labute approximate surface area is 121 Å². The van der Waals surface area contributed by atoms with Crippen molar-refractivity contribution < 1.29 is 21.6 Å². The Kier molecular flexibility index (Phi) is 3.65. The Hall–Kier alpha value is -1.09. The van der Waals surface area contributed by atoms with E-state index in [4.69, 9.17) is 0 Å². The molecule has 1 aliphatic rings. The molecule has 0 N–H and O–H groups in total. The molecule has 1 atom stereocenters. The molecular weight excluding hydrogens is 307 g/mol. The Morgan fingerprint density at radius 1 is 1.38 bits per heavy atom. The predicted octanol–water partition coefficient (Wildman–Crippen LogP) is 2.08. The van der Waals surface area contributed by atoms with Crippen molar-refractivity contribution in [1.82, 2.24) is 14.1 Å². The van der Waals surface area contributed by atoms with Crippen LogP contribution in [-0.4, -0.2) is 40.8 Å². The smallest absolute Gasteiger partial charge is 0.274 e. The number of halogens is 3. The average Bonchev–Trinajstić information content (AvgIpc) is 2.77. The van der Waals surface area contributed by atoms with E-state index in [9.17, 15) is 21.6 Å². The van der Waals surface area contributed by atoms with Crippen molar-refractivity contribution in [2.24, 2.45) is 13.0 Å². The van der Waals surface area contributed by atoms with E-state index in [2.05, 4.69) is 5.10 Å². The SMILES string of the molecule is Cc1nn(C)cc1S(=O)(=O)N1CCC(C(F)(F)F)C1(C)C. The van der Waals surface area contributed by atoms with Gasteiger partial charge in [0.1, 0.15) is 4.90 Å². The van der Waals surface area contributed by atoms with Crippen molar-refractivity contribution in [3.63, 3.8) is 0 Å².